The van der Waals surface area contributed by atoms with Crippen LogP contribution >= 0.6 is 11.6 Å². The van der Waals surface area contributed by atoms with E-state index >= 15 is 0 Å². The molecule has 0 bridgehead atoms. The second-order valence-electron chi connectivity index (χ2n) is 11.0. The van der Waals surface area contributed by atoms with E-state index < -0.39 is 29.7 Å². The van der Waals surface area contributed by atoms with Gasteiger partial charge in [-0.2, -0.15) is 0 Å². The van der Waals surface area contributed by atoms with Gasteiger partial charge in [-0.1, -0.05) is 41.0 Å². The zero-order valence-corrected chi connectivity index (χ0v) is 26.2. The third kappa shape index (κ3) is 9.46. The normalized spacial score (nSPS) is 14.3. The molecule has 3 aromatic rings. The highest BCUT2D eigenvalue weighted by Crippen LogP contribution is 2.23. The van der Waals surface area contributed by atoms with Crippen LogP contribution in [-0.4, -0.2) is 82.7 Å². The maximum absolute atomic E-state index is 14.0. The molecule has 11 nitrogen and oxygen atoms in total. The first kappa shape index (κ1) is 33.8. The summed E-state index contributed by atoms with van der Waals surface area (Å²) < 4.78 is 38.2. The molecule has 14 heteroatoms. The predicted octanol–water partition coefficient (Wildman–Crippen LogP) is 5.08. The van der Waals surface area contributed by atoms with Crippen LogP contribution in [-0.2, 0) is 20.9 Å². The molecule has 0 spiro atoms. The van der Waals surface area contributed by atoms with Crippen LogP contribution in [0.2, 0.25) is 5.02 Å². The van der Waals surface area contributed by atoms with Gasteiger partial charge in [0.05, 0.1) is 11.1 Å². The summed E-state index contributed by atoms with van der Waals surface area (Å²) in [6.45, 7) is 8.02. The number of hydrazine groups is 1. The standard InChI is InChI=1S/C31H37ClF2N6O5/c1-20(2)38-12-14-39(15-13-38)29(42)11-10-25(40(21(3)41)35-18-23-7-5-9-26(34)30(23)32)19-44-31(43)36-28-17-27(37-45-28)22-6-4-8-24(33)16-22/h4-9,16-17,20,25,35H,10-15,18-19H2,1-3H3,(H,36,43)/t25-/m0/s1. The minimum absolute atomic E-state index is 0.00486. The van der Waals surface area contributed by atoms with Gasteiger partial charge < -0.3 is 14.2 Å². The molecule has 2 heterocycles. The van der Waals surface area contributed by atoms with Crippen LogP contribution in [0.15, 0.2) is 53.1 Å². The van der Waals surface area contributed by atoms with Crippen molar-refractivity contribution in [3.05, 3.63) is 70.8 Å². The first-order chi connectivity index (χ1) is 21.5. The molecule has 1 fully saturated rings. The minimum atomic E-state index is -0.894. The van der Waals surface area contributed by atoms with Crippen molar-refractivity contribution in [1.29, 1.82) is 0 Å². The number of ether oxygens (including phenoxy) is 1. The van der Waals surface area contributed by atoms with Gasteiger partial charge in [-0.3, -0.25) is 24.8 Å². The average Bonchev–Trinajstić information content (AvgIpc) is 3.48. The van der Waals surface area contributed by atoms with Crippen molar-refractivity contribution in [1.82, 2.24) is 25.4 Å². The molecule has 2 N–H and O–H groups in total. The van der Waals surface area contributed by atoms with Crippen molar-refractivity contribution in [2.75, 3.05) is 38.1 Å². The fourth-order valence-corrected chi connectivity index (χ4v) is 5.20. The molecule has 0 aliphatic carbocycles. The Hall–Kier alpha value is -4.07. The Bertz CT molecular complexity index is 1480. The van der Waals surface area contributed by atoms with Crippen LogP contribution in [0.4, 0.5) is 19.5 Å². The van der Waals surface area contributed by atoms with Crippen molar-refractivity contribution < 1.29 is 32.4 Å². The first-order valence-electron chi connectivity index (χ1n) is 14.7. The minimum Gasteiger partial charge on any atom is -0.447 e. The molecule has 242 valence electrons. The third-order valence-corrected chi connectivity index (χ3v) is 7.95. The summed E-state index contributed by atoms with van der Waals surface area (Å²) in [6, 6.07) is 11.1. The number of halogens is 3. The smallest absolute Gasteiger partial charge is 0.414 e. The highest BCUT2D eigenvalue weighted by Gasteiger charge is 2.27. The van der Waals surface area contributed by atoms with Crippen LogP contribution in [0.3, 0.4) is 0 Å². The number of carbonyl (C=O) groups excluding carboxylic acids is 3. The molecule has 0 unspecified atom stereocenters. The molecular formula is C31H37ClF2N6O5. The fourth-order valence-electron chi connectivity index (χ4n) is 5.00. The Balaban J connectivity index is 1.41. The molecule has 1 atom stereocenters. The monoisotopic (exact) mass is 646 g/mol. The topological polar surface area (TPSA) is 120 Å². The molecule has 1 aromatic heterocycles. The number of aromatic nitrogens is 1. The molecule has 1 aliphatic heterocycles. The fraction of sp³-hybridized carbons (Fsp3) is 0.419. The summed E-state index contributed by atoms with van der Waals surface area (Å²) in [4.78, 5) is 42.7. The van der Waals surface area contributed by atoms with E-state index in [4.69, 9.17) is 20.9 Å². The Morgan fingerprint density at radius 1 is 1.09 bits per heavy atom. The van der Waals surface area contributed by atoms with Gasteiger partial charge in [-0.15, -0.1) is 0 Å². The third-order valence-electron chi connectivity index (χ3n) is 7.53. The van der Waals surface area contributed by atoms with E-state index in [1.54, 1.807) is 17.0 Å². The molecule has 45 heavy (non-hydrogen) atoms. The summed E-state index contributed by atoms with van der Waals surface area (Å²) in [6.07, 6.45) is -0.621. The van der Waals surface area contributed by atoms with Gasteiger partial charge in [0.2, 0.25) is 17.7 Å². The first-order valence-corrected chi connectivity index (χ1v) is 15.0. The average molecular weight is 647 g/mol. The van der Waals surface area contributed by atoms with Gasteiger partial charge in [0.15, 0.2) is 0 Å². The van der Waals surface area contributed by atoms with Crippen molar-refractivity contribution >= 4 is 35.4 Å². The number of carbonyl (C=O) groups is 3. The Morgan fingerprint density at radius 2 is 1.82 bits per heavy atom. The highest BCUT2D eigenvalue weighted by atomic mass is 35.5. The SMILES string of the molecule is CC(=O)N(NCc1cccc(F)c1Cl)[C@@H](CCC(=O)N1CCN(C(C)C)CC1)COC(=O)Nc1cc(-c2cccc(F)c2)no1. The van der Waals surface area contributed by atoms with Crippen molar-refractivity contribution in [2.45, 2.75) is 52.2 Å². The molecule has 3 amide bonds. The number of benzene rings is 2. The Morgan fingerprint density at radius 3 is 2.51 bits per heavy atom. The second-order valence-corrected chi connectivity index (χ2v) is 11.3. The van der Waals surface area contributed by atoms with Gasteiger partial charge >= 0.3 is 6.09 Å². The maximum Gasteiger partial charge on any atom is 0.414 e. The Labute approximate surface area is 265 Å². The van der Waals surface area contributed by atoms with Crippen LogP contribution in [0.1, 0.15) is 39.2 Å². The van der Waals surface area contributed by atoms with Gasteiger partial charge in [-0.25, -0.2) is 19.0 Å². The molecule has 0 saturated carbocycles. The van der Waals surface area contributed by atoms with Crippen molar-refractivity contribution in [3.63, 3.8) is 0 Å². The molecule has 1 saturated heterocycles. The number of hydrogen-bond donors (Lipinski definition) is 2. The van der Waals surface area contributed by atoms with E-state index in [0.717, 1.165) is 13.1 Å². The number of amides is 3. The lowest BCUT2D eigenvalue weighted by Crippen LogP contribution is -2.52. The van der Waals surface area contributed by atoms with Crippen LogP contribution in [0.5, 0.6) is 0 Å². The maximum atomic E-state index is 14.0. The number of nitrogens with one attached hydrogen (secondary N) is 2. The summed E-state index contributed by atoms with van der Waals surface area (Å²) in [5.41, 5.74) is 4.13. The summed E-state index contributed by atoms with van der Waals surface area (Å²) in [5, 5.41) is 7.44. The Kier molecular flexibility index (Phi) is 11.9. The molecule has 2 aromatic carbocycles. The number of rotatable bonds is 12. The van der Waals surface area contributed by atoms with E-state index in [1.807, 2.05) is 0 Å². The zero-order valence-electron chi connectivity index (χ0n) is 25.4. The van der Waals surface area contributed by atoms with Crippen LogP contribution in [0, 0.1) is 11.6 Å². The van der Waals surface area contributed by atoms with E-state index in [9.17, 15) is 23.2 Å². The zero-order chi connectivity index (χ0) is 32.5. The van der Waals surface area contributed by atoms with E-state index in [1.165, 1.54) is 48.3 Å². The van der Waals surface area contributed by atoms with E-state index in [-0.39, 0.29) is 42.8 Å². The predicted molar refractivity (Wildman–Crippen MR) is 164 cm³/mol. The largest absolute Gasteiger partial charge is 0.447 e. The summed E-state index contributed by atoms with van der Waals surface area (Å²) in [5.74, 6) is -1.57. The quantitative estimate of drug-likeness (QED) is 0.262. The number of piperazine rings is 1. The van der Waals surface area contributed by atoms with E-state index in [2.05, 4.69) is 34.6 Å². The number of nitrogens with zero attached hydrogens (tertiary/aromatic N) is 4. The lowest BCUT2D eigenvalue weighted by atomic mass is 10.1. The van der Waals surface area contributed by atoms with Crippen molar-refractivity contribution in [3.8, 4) is 11.3 Å². The van der Waals surface area contributed by atoms with Crippen molar-refractivity contribution in [2.24, 2.45) is 0 Å². The lowest BCUT2D eigenvalue weighted by Gasteiger charge is -2.37. The van der Waals surface area contributed by atoms with Gasteiger partial charge in [-0.05, 0) is 44.0 Å². The number of anilines is 1. The molecular weight excluding hydrogens is 610 g/mol. The summed E-state index contributed by atoms with van der Waals surface area (Å²) in [7, 11) is 0. The van der Waals surface area contributed by atoms with Gasteiger partial charge in [0.1, 0.15) is 23.9 Å². The van der Waals surface area contributed by atoms with Gasteiger partial charge in [0.25, 0.3) is 0 Å². The highest BCUT2D eigenvalue weighted by molar-refractivity contribution is 6.31. The second kappa shape index (κ2) is 15.8. The summed E-state index contributed by atoms with van der Waals surface area (Å²) >= 11 is 6.10. The lowest BCUT2D eigenvalue weighted by molar-refractivity contribution is -0.139. The molecule has 4 rings (SSSR count). The van der Waals surface area contributed by atoms with Gasteiger partial charge in [0, 0.05) is 63.7 Å². The van der Waals surface area contributed by atoms with E-state index in [0.29, 0.717) is 36.0 Å². The van der Waals surface area contributed by atoms with Crippen LogP contribution in [0.25, 0.3) is 11.3 Å². The van der Waals surface area contributed by atoms with Crippen LogP contribution < -0.4 is 10.7 Å². The number of hydrogen-bond acceptors (Lipinski definition) is 8. The molecule has 1 aliphatic rings. The molecule has 0 radical (unpaired) electrons.